The summed E-state index contributed by atoms with van der Waals surface area (Å²) < 4.78 is 6.36. The van der Waals surface area contributed by atoms with Crippen molar-refractivity contribution in [2.75, 3.05) is 0 Å². The maximum absolute atomic E-state index is 11.9. The molecular formula is C20H14N2O2S2. The molecule has 4 rings (SSSR count). The van der Waals surface area contributed by atoms with E-state index < -0.39 is 5.97 Å². The van der Waals surface area contributed by atoms with Crippen LogP contribution in [0.15, 0.2) is 66.1 Å². The van der Waals surface area contributed by atoms with E-state index in [0.29, 0.717) is 0 Å². The molecule has 0 saturated carbocycles. The quantitative estimate of drug-likeness (QED) is 0.355. The number of nitrogens with zero attached hydrogens (tertiary/aromatic N) is 2. The Hall–Kier alpha value is -2.83. The highest BCUT2D eigenvalue weighted by Crippen LogP contribution is 2.24. The van der Waals surface area contributed by atoms with E-state index in [2.05, 4.69) is 9.97 Å². The summed E-state index contributed by atoms with van der Waals surface area (Å²) in [5.74, 6) is -0.404. The van der Waals surface area contributed by atoms with Crippen molar-refractivity contribution in [3.63, 3.8) is 0 Å². The molecule has 0 spiro atoms. The summed E-state index contributed by atoms with van der Waals surface area (Å²) in [5.41, 5.74) is 2.74. The average molecular weight is 378 g/mol. The Labute approximate surface area is 158 Å². The van der Waals surface area contributed by atoms with Gasteiger partial charge in [-0.15, -0.1) is 22.7 Å². The van der Waals surface area contributed by atoms with Gasteiger partial charge < -0.3 is 4.74 Å². The molecule has 0 aliphatic rings. The number of hydrogen-bond donors (Lipinski definition) is 0. The van der Waals surface area contributed by atoms with Crippen LogP contribution < -0.4 is 0 Å². The number of aromatic nitrogens is 2. The fraction of sp³-hybridized carbons (Fsp3) is 0.0500. The molecular weight excluding hydrogens is 364 g/mol. The molecule has 0 atom stereocenters. The molecule has 0 saturated heterocycles. The number of fused-ring (bicyclic) bond motifs is 1. The second-order valence-corrected chi connectivity index (χ2v) is 7.39. The zero-order valence-corrected chi connectivity index (χ0v) is 15.3. The Balaban J connectivity index is 1.36. The molecule has 0 radical (unpaired) electrons. The molecule has 0 aliphatic carbocycles. The van der Waals surface area contributed by atoms with Crippen molar-refractivity contribution < 1.29 is 9.53 Å². The molecule has 2 aromatic carbocycles. The van der Waals surface area contributed by atoms with Crippen LogP contribution in [0.3, 0.4) is 0 Å². The number of carbonyl (C=O) groups is 1. The van der Waals surface area contributed by atoms with Gasteiger partial charge in [-0.25, -0.2) is 14.8 Å². The molecule has 0 fully saturated rings. The lowest BCUT2D eigenvalue weighted by atomic mass is 10.2. The summed E-state index contributed by atoms with van der Waals surface area (Å²) in [4.78, 5) is 20.9. The number of thiazole rings is 2. The third-order valence-electron chi connectivity index (χ3n) is 3.61. The molecule has 2 aromatic heterocycles. The van der Waals surface area contributed by atoms with Crippen LogP contribution in [0.1, 0.15) is 10.7 Å². The van der Waals surface area contributed by atoms with Crippen LogP contribution in [0.25, 0.3) is 26.9 Å². The van der Waals surface area contributed by atoms with Gasteiger partial charge in [-0.1, -0.05) is 42.5 Å². The number of esters is 1. The Morgan fingerprint density at radius 1 is 1.04 bits per heavy atom. The molecule has 26 heavy (non-hydrogen) atoms. The Kier molecular flexibility index (Phi) is 4.86. The minimum Gasteiger partial charge on any atom is -0.456 e. The van der Waals surface area contributed by atoms with Crippen molar-refractivity contribution >= 4 is 44.9 Å². The molecule has 0 amide bonds. The smallest absolute Gasteiger partial charge is 0.331 e. The van der Waals surface area contributed by atoms with E-state index in [9.17, 15) is 4.79 Å². The van der Waals surface area contributed by atoms with E-state index in [1.165, 1.54) is 28.7 Å². The topological polar surface area (TPSA) is 52.1 Å². The molecule has 0 aliphatic heterocycles. The highest BCUT2D eigenvalue weighted by atomic mass is 32.1. The normalized spacial score (nSPS) is 11.2. The summed E-state index contributed by atoms with van der Waals surface area (Å²) in [5, 5.41) is 3.61. The van der Waals surface area contributed by atoms with Gasteiger partial charge >= 0.3 is 5.97 Å². The van der Waals surface area contributed by atoms with Crippen molar-refractivity contribution in [3.8, 4) is 10.6 Å². The third kappa shape index (κ3) is 3.87. The first-order chi connectivity index (χ1) is 12.8. The highest BCUT2D eigenvalue weighted by Gasteiger charge is 2.07. The van der Waals surface area contributed by atoms with Gasteiger partial charge in [-0.2, -0.15) is 0 Å². The summed E-state index contributed by atoms with van der Waals surface area (Å²) >= 11 is 3.08. The number of carbonyl (C=O) groups excluding carboxylic acids is 1. The number of hydrogen-bond acceptors (Lipinski definition) is 6. The molecule has 4 nitrogen and oxygen atoms in total. The van der Waals surface area contributed by atoms with Crippen molar-refractivity contribution in [1.82, 2.24) is 9.97 Å². The van der Waals surface area contributed by atoms with Gasteiger partial charge in [0, 0.05) is 17.0 Å². The van der Waals surface area contributed by atoms with Crippen molar-refractivity contribution in [2.45, 2.75) is 6.61 Å². The predicted molar refractivity (Wildman–Crippen MR) is 106 cm³/mol. The first-order valence-corrected chi connectivity index (χ1v) is 9.68. The minimum atomic E-state index is -0.404. The number of para-hydroxylation sites is 1. The van der Waals surface area contributed by atoms with Crippen molar-refractivity contribution in [2.24, 2.45) is 0 Å². The SMILES string of the molecule is O=C(/C=C/c1nc2ccccc2s1)OCc1csc(-c2ccccc2)n1. The van der Waals surface area contributed by atoms with E-state index in [0.717, 1.165) is 31.5 Å². The van der Waals surface area contributed by atoms with Crippen LogP contribution in [0.2, 0.25) is 0 Å². The van der Waals surface area contributed by atoms with Crippen LogP contribution in [0, 0.1) is 0 Å². The van der Waals surface area contributed by atoms with Crippen LogP contribution >= 0.6 is 22.7 Å². The van der Waals surface area contributed by atoms with E-state index >= 15 is 0 Å². The minimum absolute atomic E-state index is 0.159. The van der Waals surface area contributed by atoms with Gasteiger partial charge in [-0.3, -0.25) is 0 Å². The van der Waals surface area contributed by atoms with E-state index in [-0.39, 0.29) is 6.61 Å². The zero-order valence-electron chi connectivity index (χ0n) is 13.7. The molecule has 2 heterocycles. The van der Waals surface area contributed by atoms with E-state index in [1.54, 1.807) is 6.08 Å². The molecule has 128 valence electrons. The molecule has 0 bridgehead atoms. The second-order valence-electron chi connectivity index (χ2n) is 5.47. The Morgan fingerprint density at radius 3 is 2.69 bits per heavy atom. The van der Waals surface area contributed by atoms with Gasteiger partial charge in [0.15, 0.2) is 0 Å². The summed E-state index contributed by atoms with van der Waals surface area (Å²) in [7, 11) is 0. The maximum Gasteiger partial charge on any atom is 0.331 e. The molecule has 4 aromatic rings. The van der Waals surface area contributed by atoms with Gasteiger partial charge in [0.05, 0.1) is 15.9 Å². The van der Waals surface area contributed by atoms with Crippen LogP contribution in [-0.2, 0) is 16.1 Å². The number of rotatable bonds is 5. The monoisotopic (exact) mass is 378 g/mol. The third-order valence-corrected chi connectivity index (χ3v) is 5.55. The molecule has 0 unspecified atom stereocenters. The van der Waals surface area contributed by atoms with Crippen molar-refractivity contribution in [3.05, 3.63) is 76.8 Å². The van der Waals surface area contributed by atoms with Gasteiger partial charge in [0.1, 0.15) is 16.6 Å². The largest absolute Gasteiger partial charge is 0.456 e. The Morgan fingerprint density at radius 2 is 1.85 bits per heavy atom. The average Bonchev–Trinajstić information content (AvgIpc) is 3.32. The number of ether oxygens (including phenoxy) is 1. The van der Waals surface area contributed by atoms with Gasteiger partial charge in [0.25, 0.3) is 0 Å². The first-order valence-electron chi connectivity index (χ1n) is 7.98. The van der Waals surface area contributed by atoms with Crippen LogP contribution in [-0.4, -0.2) is 15.9 Å². The first kappa shape index (κ1) is 16.6. The fourth-order valence-electron chi connectivity index (χ4n) is 2.38. The lowest BCUT2D eigenvalue weighted by Gasteiger charge is -1.98. The standard InChI is InChI=1S/C20H14N2O2S2/c23-19(11-10-18-22-16-8-4-5-9-17(16)26-18)24-12-15-13-25-20(21-15)14-6-2-1-3-7-14/h1-11,13H,12H2/b11-10+. The lowest BCUT2D eigenvalue weighted by molar-refractivity contribution is -0.139. The predicted octanol–water partition coefficient (Wildman–Crippen LogP) is 5.18. The highest BCUT2D eigenvalue weighted by molar-refractivity contribution is 7.19. The van der Waals surface area contributed by atoms with Crippen molar-refractivity contribution in [1.29, 1.82) is 0 Å². The van der Waals surface area contributed by atoms with Gasteiger partial charge in [-0.05, 0) is 18.2 Å². The van der Waals surface area contributed by atoms with Crippen LogP contribution in [0.4, 0.5) is 0 Å². The summed E-state index contributed by atoms with van der Waals surface area (Å²) in [6.45, 7) is 0.159. The fourth-order valence-corrected chi connectivity index (χ4v) is 4.06. The maximum atomic E-state index is 11.9. The van der Waals surface area contributed by atoms with Crippen LogP contribution in [0.5, 0.6) is 0 Å². The van der Waals surface area contributed by atoms with E-state index in [4.69, 9.17) is 4.74 Å². The van der Waals surface area contributed by atoms with E-state index in [1.807, 2.05) is 60.0 Å². The Bertz CT molecular complexity index is 1030. The zero-order chi connectivity index (χ0) is 17.8. The van der Waals surface area contributed by atoms with Gasteiger partial charge in [0.2, 0.25) is 0 Å². The number of benzene rings is 2. The summed E-state index contributed by atoms with van der Waals surface area (Å²) in [6.07, 6.45) is 3.09. The molecule has 6 heteroatoms. The second kappa shape index (κ2) is 7.59. The molecule has 0 N–H and O–H groups in total. The lowest BCUT2D eigenvalue weighted by Crippen LogP contribution is -2.00. The summed E-state index contributed by atoms with van der Waals surface area (Å²) in [6, 6.07) is 17.8.